The molecule has 0 aliphatic heterocycles. The normalized spacial score (nSPS) is 10.9. The first-order chi connectivity index (χ1) is 8.74. The van der Waals surface area contributed by atoms with Crippen LogP contribution in [0.25, 0.3) is 10.1 Å². The lowest BCUT2D eigenvalue weighted by atomic mass is 10.2. The van der Waals surface area contributed by atoms with Crippen molar-refractivity contribution in [1.82, 2.24) is 4.57 Å². The molecule has 18 heavy (non-hydrogen) atoms. The first-order valence-corrected chi connectivity index (χ1v) is 6.81. The Morgan fingerprint density at radius 1 is 1.22 bits per heavy atom. The van der Waals surface area contributed by atoms with Crippen molar-refractivity contribution in [2.75, 3.05) is 0 Å². The Morgan fingerprint density at radius 2 is 2.11 bits per heavy atom. The molecule has 3 rings (SSSR count). The largest absolute Gasteiger partial charge is 0.311 e. The molecule has 0 saturated heterocycles. The van der Waals surface area contributed by atoms with Crippen LogP contribution in [0, 0.1) is 0 Å². The van der Waals surface area contributed by atoms with E-state index in [4.69, 9.17) is 11.6 Å². The molecular weight excluding hydrogens is 266 g/mol. The highest BCUT2D eigenvalue weighted by atomic mass is 35.5. The van der Waals surface area contributed by atoms with Gasteiger partial charge in [0.05, 0.1) is 11.9 Å². The van der Waals surface area contributed by atoms with Gasteiger partial charge in [0.25, 0.3) is 5.56 Å². The quantitative estimate of drug-likeness (QED) is 0.698. The molecule has 0 fully saturated rings. The molecule has 2 nitrogen and oxygen atoms in total. The molecule has 0 aliphatic carbocycles. The third-order valence-electron chi connectivity index (χ3n) is 2.83. The average molecular weight is 276 g/mol. The third-order valence-corrected chi connectivity index (χ3v) is 3.95. The number of fused-ring (bicyclic) bond motifs is 1. The summed E-state index contributed by atoms with van der Waals surface area (Å²) >= 11 is 7.53. The molecule has 0 spiro atoms. The van der Waals surface area contributed by atoms with Gasteiger partial charge in [0.1, 0.15) is 0 Å². The summed E-state index contributed by atoms with van der Waals surface area (Å²) < 4.78 is 2.74. The summed E-state index contributed by atoms with van der Waals surface area (Å²) in [5.41, 5.74) is 1.08. The zero-order valence-electron chi connectivity index (χ0n) is 9.47. The summed E-state index contributed by atoms with van der Waals surface area (Å²) in [5.74, 6) is 0. The number of pyridine rings is 1. The first-order valence-electron chi connectivity index (χ1n) is 5.55. The van der Waals surface area contributed by atoms with E-state index in [1.165, 1.54) is 0 Å². The van der Waals surface area contributed by atoms with Crippen LogP contribution >= 0.6 is 22.9 Å². The molecule has 3 aromatic rings. The SMILES string of the molecule is O=c1c2ccsc2ccn1Cc1cccc(Cl)c1. The summed E-state index contributed by atoms with van der Waals surface area (Å²) in [5, 5.41) is 3.41. The maximum atomic E-state index is 12.2. The monoisotopic (exact) mass is 275 g/mol. The van der Waals surface area contributed by atoms with Crippen LogP contribution in [-0.2, 0) is 6.54 Å². The van der Waals surface area contributed by atoms with Crippen LogP contribution in [0.2, 0.25) is 5.02 Å². The van der Waals surface area contributed by atoms with Crippen molar-refractivity contribution < 1.29 is 0 Å². The van der Waals surface area contributed by atoms with Crippen molar-refractivity contribution in [1.29, 1.82) is 0 Å². The van der Waals surface area contributed by atoms with Gasteiger partial charge < -0.3 is 4.57 Å². The van der Waals surface area contributed by atoms with E-state index in [1.54, 1.807) is 15.9 Å². The van der Waals surface area contributed by atoms with Crippen LogP contribution in [0.15, 0.2) is 52.8 Å². The molecule has 0 N–H and O–H groups in total. The van der Waals surface area contributed by atoms with E-state index in [1.807, 2.05) is 48.0 Å². The van der Waals surface area contributed by atoms with Gasteiger partial charge in [0.2, 0.25) is 0 Å². The minimum atomic E-state index is 0.0497. The minimum absolute atomic E-state index is 0.0497. The summed E-state index contributed by atoms with van der Waals surface area (Å²) in [6.45, 7) is 0.547. The van der Waals surface area contributed by atoms with E-state index in [9.17, 15) is 4.79 Å². The predicted octanol–water partition coefficient (Wildman–Crippen LogP) is 3.76. The van der Waals surface area contributed by atoms with Crippen molar-refractivity contribution in [2.45, 2.75) is 6.54 Å². The molecule has 2 heterocycles. The lowest BCUT2D eigenvalue weighted by Gasteiger charge is -2.06. The van der Waals surface area contributed by atoms with Crippen LogP contribution < -0.4 is 5.56 Å². The van der Waals surface area contributed by atoms with Gasteiger partial charge in [-0.05, 0) is 35.2 Å². The van der Waals surface area contributed by atoms with Crippen LogP contribution in [0.1, 0.15) is 5.56 Å². The number of hydrogen-bond acceptors (Lipinski definition) is 2. The van der Waals surface area contributed by atoms with Crippen molar-refractivity contribution >= 4 is 33.0 Å². The highest BCUT2D eigenvalue weighted by Gasteiger charge is 2.04. The number of halogens is 1. The molecule has 1 aromatic carbocycles. The topological polar surface area (TPSA) is 22.0 Å². The second-order valence-electron chi connectivity index (χ2n) is 4.08. The fourth-order valence-corrected chi connectivity index (χ4v) is 2.95. The van der Waals surface area contributed by atoms with Gasteiger partial charge in [-0.3, -0.25) is 4.79 Å². The Hall–Kier alpha value is -1.58. The summed E-state index contributed by atoms with van der Waals surface area (Å²) in [6, 6.07) is 11.4. The third kappa shape index (κ3) is 2.07. The molecule has 0 aliphatic rings. The maximum Gasteiger partial charge on any atom is 0.259 e. The van der Waals surface area contributed by atoms with Crippen LogP contribution in [0.5, 0.6) is 0 Å². The van der Waals surface area contributed by atoms with Gasteiger partial charge in [0.15, 0.2) is 0 Å². The zero-order valence-corrected chi connectivity index (χ0v) is 11.0. The summed E-state index contributed by atoms with van der Waals surface area (Å²) in [6.07, 6.45) is 1.84. The lowest BCUT2D eigenvalue weighted by Crippen LogP contribution is -2.19. The molecule has 0 atom stereocenters. The van der Waals surface area contributed by atoms with Crippen molar-refractivity contribution in [3.63, 3.8) is 0 Å². The van der Waals surface area contributed by atoms with E-state index in [0.717, 1.165) is 15.6 Å². The van der Waals surface area contributed by atoms with E-state index in [0.29, 0.717) is 11.6 Å². The molecular formula is C14H10ClNOS. The molecule has 2 aromatic heterocycles. The number of benzene rings is 1. The fraction of sp³-hybridized carbons (Fsp3) is 0.0714. The molecule has 4 heteroatoms. The van der Waals surface area contributed by atoms with Gasteiger partial charge in [-0.25, -0.2) is 0 Å². The number of rotatable bonds is 2. The van der Waals surface area contributed by atoms with Crippen LogP contribution in [0.3, 0.4) is 0 Å². The van der Waals surface area contributed by atoms with Crippen molar-refractivity contribution in [2.24, 2.45) is 0 Å². The van der Waals surface area contributed by atoms with E-state index >= 15 is 0 Å². The first kappa shape index (κ1) is 11.5. The van der Waals surface area contributed by atoms with Gasteiger partial charge in [0, 0.05) is 15.9 Å². The maximum absolute atomic E-state index is 12.2. The average Bonchev–Trinajstić information content (AvgIpc) is 2.82. The van der Waals surface area contributed by atoms with E-state index < -0.39 is 0 Å². The Kier molecular flexibility index (Phi) is 2.94. The molecule has 0 amide bonds. The summed E-state index contributed by atoms with van der Waals surface area (Å²) in [7, 11) is 0. The fourth-order valence-electron chi connectivity index (χ4n) is 1.96. The number of thiophene rings is 1. The highest BCUT2D eigenvalue weighted by molar-refractivity contribution is 7.17. The number of nitrogens with zero attached hydrogens (tertiary/aromatic N) is 1. The van der Waals surface area contributed by atoms with Crippen molar-refractivity contribution in [3.8, 4) is 0 Å². The van der Waals surface area contributed by atoms with Gasteiger partial charge >= 0.3 is 0 Å². The van der Waals surface area contributed by atoms with Crippen LogP contribution in [0.4, 0.5) is 0 Å². The Labute approximate surface area is 113 Å². The standard InChI is InChI=1S/C14H10ClNOS/c15-11-3-1-2-10(8-11)9-16-6-4-13-12(14(16)17)5-7-18-13/h1-8H,9H2. The Balaban J connectivity index is 2.05. The smallest absolute Gasteiger partial charge is 0.259 e. The lowest BCUT2D eigenvalue weighted by molar-refractivity contribution is 0.768. The minimum Gasteiger partial charge on any atom is -0.311 e. The molecule has 0 unspecified atom stereocenters. The second-order valence-corrected chi connectivity index (χ2v) is 5.46. The van der Waals surface area contributed by atoms with Crippen LogP contribution in [-0.4, -0.2) is 4.57 Å². The zero-order chi connectivity index (χ0) is 12.5. The molecule has 0 bridgehead atoms. The highest BCUT2D eigenvalue weighted by Crippen LogP contribution is 2.17. The predicted molar refractivity (Wildman–Crippen MR) is 76.6 cm³/mol. The number of aromatic nitrogens is 1. The second kappa shape index (κ2) is 4.59. The van der Waals surface area contributed by atoms with Gasteiger partial charge in [-0.1, -0.05) is 23.7 Å². The Bertz CT molecular complexity index is 760. The van der Waals surface area contributed by atoms with E-state index in [-0.39, 0.29) is 5.56 Å². The van der Waals surface area contributed by atoms with Gasteiger partial charge in [-0.2, -0.15) is 0 Å². The molecule has 90 valence electrons. The molecule has 0 radical (unpaired) electrons. The Morgan fingerprint density at radius 3 is 2.94 bits per heavy atom. The number of hydrogen-bond donors (Lipinski definition) is 0. The molecule has 0 saturated carbocycles. The summed E-state index contributed by atoms with van der Waals surface area (Å²) in [4.78, 5) is 12.2. The van der Waals surface area contributed by atoms with E-state index in [2.05, 4.69) is 0 Å². The van der Waals surface area contributed by atoms with Crippen molar-refractivity contribution in [3.05, 3.63) is 68.9 Å². The van der Waals surface area contributed by atoms with Gasteiger partial charge in [-0.15, -0.1) is 11.3 Å².